The van der Waals surface area contributed by atoms with Gasteiger partial charge in [-0.2, -0.15) is 0 Å². The van der Waals surface area contributed by atoms with Gasteiger partial charge in [-0.15, -0.1) is 11.3 Å². The Hall–Kier alpha value is -1.96. The number of carbonyl (C=O) groups is 1. The number of nitrogens with one attached hydrogen (secondary N) is 1. The van der Waals surface area contributed by atoms with Gasteiger partial charge in [0.1, 0.15) is 15.6 Å². The van der Waals surface area contributed by atoms with Crippen LogP contribution >= 0.6 is 11.3 Å². The van der Waals surface area contributed by atoms with Crippen LogP contribution in [0.1, 0.15) is 51.0 Å². The Morgan fingerprint density at radius 3 is 3.00 bits per heavy atom. The maximum atomic E-state index is 12.6. The van der Waals surface area contributed by atoms with Gasteiger partial charge in [0.25, 0.3) is 5.91 Å². The SMILES string of the molecule is O=C(NC1CCCc2c(O)cccc21)c1cnc(C2OCCO2)s1. The second kappa shape index (κ2) is 6.51. The molecule has 1 amide bonds. The molecule has 1 aromatic heterocycles. The van der Waals surface area contributed by atoms with Crippen molar-refractivity contribution in [3.63, 3.8) is 0 Å². The minimum absolute atomic E-state index is 0.0853. The molecule has 6 nitrogen and oxygen atoms in total. The van der Waals surface area contributed by atoms with Gasteiger partial charge < -0.3 is 19.9 Å². The Balaban J connectivity index is 1.50. The smallest absolute Gasteiger partial charge is 0.263 e. The quantitative estimate of drug-likeness (QED) is 0.893. The predicted octanol–water partition coefficient (Wildman–Crippen LogP) is 2.70. The minimum atomic E-state index is -0.455. The molecule has 1 fully saturated rings. The fraction of sp³-hybridized carbons (Fsp3) is 0.412. The molecule has 1 unspecified atom stereocenters. The van der Waals surface area contributed by atoms with Crippen LogP contribution in [0.4, 0.5) is 0 Å². The molecule has 0 spiro atoms. The molecule has 24 heavy (non-hydrogen) atoms. The van der Waals surface area contributed by atoms with Gasteiger partial charge in [0, 0.05) is 0 Å². The van der Waals surface area contributed by atoms with Crippen LogP contribution in [0.15, 0.2) is 24.4 Å². The normalized spacial score (nSPS) is 20.8. The van der Waals surface area contributed by atoms with E-state index in [2.05, 4.69) is 10.3 Å². The van der Waals surface area contributed by atoms with Crippen LogP contribution in [0.2, 0.25) is 0 Å². The van der Waals surface area contributed by atoms with Gasteiger partial charge in [-0.05, 0) is 36.5 Å². The number of aromatic hydroxyl groups is 1. The average Bonchev–Trinajstić information content (AvgIpc) is 3.27. The lowest BCUT2D eigenvalue weighted by atomic mass is 9.87. The van der Waals surface area contributed by atoms with Crippen molar-refractivity contribution in [3.05, 3.63) is 45.4 Å². The van der Waals surface area contributed by atoms with E-state index < -0.39 is 6.29 Å². The lowest BCUT2D eigenvalue weighted by Crippen LogP contribution is -2.30. The molecular formula is C17H18N2O4S. The summed E-state index contributed by atoms with van der Waals surface area (Å²) in [5.74, 6) is 0.153. The van der Waals surface area contributed by atoms with Gasteiger partial charge in [0.05, 0.1) is 25.5 Å². The third kappa shape index (κ3) is 2.90. The highest BCUT2D eigenvalue weighted by atomic mass is 32.1. The van der Waals surface area contributed by atoms with Gasteiger partial charge >= 0.3 is 0 Å². The number of thiazole rings is 1. The van der Waals surface area contributed by atoms with Crippen LogP contribution in [0.5, 0.6) is 5.75 Å². The van der Waals surface area contributed by atoms with Crippen molar-refractivity contribution in [1.29, 1.82) is 0 Å². The van der Waals surface area contributed by atoms with Crippen LogP contribution in [-0.4, -0.2) is 29.2 Å². The number of rotatable bonds is 3. The number of phenols is 1. The standard InChI is InChI=1S/C17H18N2O4S/c20-13-6-2-3-10-11(13)4-1-5-12(10)19-15(21)14-9-18-16(24-14)17-22-7-8-23-17/h2-3,6,9,12,17,20H,1,4-5,7-8H2,(H,19,21). The molecule has 1 aliphatic heterocycles. The maximum Gasteiger partial charge on any atom is 0.263 e. The van der Waals surface area contributed by atoms with Crippen molar-refractivity contribution in [2.24, 2.45) is 0 Å². The van der Waals surface area contributed by atoms with Crippen LogP contribution in [0, 0.1) is 0 Å². The van der Waals surface area contributed by atoms with E-state index in [-0.39, 0.29) is 11.9 Å². The molecule has 2 aromatic rings. The molecule has 0 bridgehead atoms. The zero-order chi connectivity index (χ0) is 16.5. The summed E-state index contributed by atoms with van der Waals surface area (Å²) in [4.78, 5) is 17.3. The zero-order valence-electron chi connectivity index (χ0n) is 13.0. The van der Waals surface area contributed by atoms with Crippen molar-refractivity contribution in [3.8, 4) is 5.75 Å². The van der Waals surface area contributed by atoms with E-state index in [0.29, 0.717) is 28.8 Å². The van der Waals surface area contributed by atoms with Crippen molar-refractivity contribution in [2.75, 3.05) is 13.2 Å². The number of amides is 1. The number of ether oxygens (including phenoxy) is 2. The van der Waals surface area contributed by atoms with Gasteiger partial charge in [0.15, 0.2) is 0 Å². The number of hydrogen-bond donors (Lipinski definition) is 2. The summed E-state index contributed by atoms with van der Waals surface area (Å²) in [7, 11) is 0. The summed E-state index contributed by atoms with van der Waals surface area (Å²) < 4.78 is 10.8. The number of carbonyl (C=O) groups excluding carboxylic acids is 1. The molecule has 1 atom stereocenters. The van der Waals surface area contributed by atoms with Crippen molar-refractivity contribution in [2.45, 2.75) is 31.6 Å². The fourth-order valence-corrected chi connectivity index (χ4v) is 4.03. The maximum absolute atomic E-state index is 12.6. The monoisotopic (exact) mass is 346 g/mol. The van der Waals surface area contributed by atoms with Crippen LogP contribution < -0.4 is 5.32 Å². The molecular weight excluding hydrogens is 328 g/mol. The van der Waals surface area contributed by atoms with Crippen LogP contribution in [0.3, 0.4) is 0 Å². The van der Waals surface area contributed by atoms with Crippen LogP contribution in [-0.2, 0) is 15.9 Å². The van der Waals surface area contributed by atoms with E-state index in [9.17, 15) is 9.90 Å². The predicted molar refractivity (Wildman–Crippen MR) is 88.0 cm³/mol. The van der Waals surface area contributed by atoms with Gasteiger partial charge in [-0.1, -0.05) is 12.1 Å². The Kier molecular flexibility index (Phi) is 4.22. The Bertz CT molecular complexity index is 755. The fourth-order valence-electron chi connectivity index (χ4n) is 3.21. The van der Waals surface area contributed by atoms with Gasteiger partial charge in [-0.3, -0.25) is 4.79 Å². The number of benzene rings is 1. The van der Waals surface area contributed by atoms with Crippen molar-refractivity contribution < 1.29 is 19.4 Å². The third-order valence-corrected chi connectivity index (χ3v) is 5.38. The first-order chi connectivity index (χ1) is 11.7. The first-order valence-electron chi connectivity index (χ1n) is 8.03. The van der Waals surface area contributed by atoms with E-state index in [1.54, 1.807) is 12.3 Å². The molecule has 2 N–H and O–H groups in total. The first kappa shape index (κ1) is 15.6. The van der Waals surface area contributed by atoms with Gasteiger partial charge in [0.2, 0.25) is 6.29 Å². The van der Waals surface area contributed by atoms with E-state index >= 15 is 0 Å². The Labute approximate surface area is 143 Å². The average molecular weight is 346 g/mol. The summed E-state index contributed by atoms with van der Waals surface area (Å²) in [6.07, 6.45) is 3.75. The highest BCUT2D eigenvalue weighted by molar-refractivity contribution is 7.13. The summed E-state index contributed by atoms with van der Waals surface area (Å²) >= 11 is 1.29. The summed E-state index contributed by atoms with van der Waals surface area (Å²) in [6.45, 7) is 1.10. The molecule has 0 saturated carbocycles. The Morgan fingerprint density at radius 1 is 1.33 bits per heavy atom. The second-order valence-electron chi connectivity index (χ2n) is 5.90. The van der Waals surface area contributed by atoms with Crippen molar-refractivity contribution >= 4 is 17.2 Å². The molecule has 0 radical (unpaired) electrons. The lowest BCUT2D eigenvalue weighted by Gasteiger charge is -2.26. The molecule has 1 aliphatic carbocycles. The largest absolute Gasteiger partial charge is 0.508 e. The molecule has 4 rings (SSSR count). The number of hydrogen-bond acceptors (Lipinski definition) is 6. The molecule has 2 heterocycles. The summed E-state index contributed by atoms with van der Waals surface area (Å²) in [5, 5.41) is 13.7. The zero-order valence-corrected chi connectivity index (χ0v) is 13.8. The van der Waals surface area contributed by atoms with E-state index in [1.165, 1.54) is 11.3 Å². The van der Waals surface area contributed by atoms with Crippen LogP contribution in [0.25, 0.3) is 0 Å². The van der Waals surface area contributed by atoms with Gasteiger partial charge in [-0.25, -0.2) is 4.98 Å². The summed E-state index contributed by atoms with van der Waals surface area (Å²) in [5.41, 5.74) is 1.94. The van der Waals surface area contributed by atoms with Crippen molar-refractivity contribution in [1.82, 2.24) is 10.3 Å². The topological polar surface area (TPSA) is 80.7 Å². The minimum Gasteiger partial charge on any atom is -0.508 e. The number of aromatic nitrogens is 1. The van der Waals surface area contributed by atoms with E-state index in [4.69, 9.17) is 9.47 Å². The summed E-state index contributed by atoms with van der Waals surface area (Å²) in [6, 6.07) is 5.40. The molecule has 2 aliphatic rings. The third-order valence-electron chi connectivity index (χ3n) is 4.36. The Morgan fingerprint density at radius 2 is 2.17 bits per heavy atom. The molecule has 1 aromatic carbocycles. The molecule has 126 valence electrons. The van der Waals surface area contributed by atoms with E-state index in [1.807, 2.05) is 12.1 Å². The second-order valence-corrected chi connectivity index (χ2v) is 6.96. The number of phenolic OH excluding ortho intramolecular Hbond substituents is 1. The number of nitrogens with zero attached hydrogens (tertiary/aromatic N) is 1. The molecule has 7 heteroatoms. The lowest BCUT2D eigenvalue weighted by molar-refractivity contribution is -0.0442. The highest BCUT2D eigenvalue weighted by Gasteiger charge is 2.26. The van der Waals surface area contributed by atoms with E-state index in [0.717, 1.165) is 30.4 Å². The first-order valence-corrected chi connectivity index (χ1v) is 8.84. The molecule has 1 saturated heterocycles. The highest BCUT2D eigenvalue weighted by Crippen LogP contribution is 2.35. The number of fused-ring (bicyclic) bond motifs is 1.